The van der Waals surface area contributed by atoms with E-state index in [4.69, 9.17) is 13.9 Å². The molecule has 1 aliphatic heterocycles. The Morgan fingerprint density at radius 1 is 1.21 bits per heavy atom. The van der Waals surface area contributed by atoms with Crippen LogP contribution in [0.1, 0.15) is 13.8 Å². The van der Waals surface area contributed by atoms with E-state index in [9.17, 15) is 0 Å². The van der Waals surface area contributed by atoms with Crippen molar-refractivity contribution in [1.29, 1.82) is 0 Å². The van der Waals surface area contributed by atoms with Gasteiger partial charge in [-0.3, -0.25) is 0 Å². The van der Waals surface area contributed by atoms with E-state index in [1.54, 1.807) is 0 Å². The molecule has 0 unspecified atom stereocenters. The summed E-state index contributed by atoms with van der Waals surface area (Å²) in [6.45, 7) is 12.7. The molecule has 0 aliphatic carbocycles. The molecule has 1 fully saturated rings. The van der Waals surface area contributed by atoms with Crippen LogP contribution in [0.15, 0.2) is 0 Å². The first-order chi connectivity index (χ1) is 6.29. The summed E-state index contributed by atoms with van der Waals surface area (Å²) in [4.78, 5) is 0. The third-order valence-corrected chi connectivity index (χ3v) is 3.12. The van der Waals surface area contributed by atoms with Crippen LogP contribution < -0.4 is 0 Å². The number of ether oxygens (including phenoxy) is 2. The third-order valence-electron chi connectivity index (χ3n) is 2.09. The Morgan fingerprint density at radius 2 is 1.71 bits per heavy atom. The van der Waals surface area contributed by atoms with Crippen molar-refractivity contribution in [2.24, 2.45) is 5.92 Å². The van der Waals surface area contributed by atoms with E-state index in [0.29, 0.717) is 5.92 Å². The molecule has 0 saturated carbocycles. The highest BCUT2D eigenvalue weighted by Crippen LogP contribution is 2.21. The highest BCUT2D eigenvalue weighted by atomic mass is 28.4. The number of hydrogen-bond donors (Lipinski definition) is 0. The normalized spacial score (nSPS) is 23.8. The predicted octanol–water partition coefficient (Wildman–Crippen LogP) is 2.24. The largest absolute Gasteiger partial charge is 0.417 e. The van der Waals surface area contributed by atoms with Crippen LogP contribution in [0.4, 0.5) is 0 Å². The maximum atomic E-state index is 5.82. The van der Waals surface area contributed by atoms with Crippen molar-refractivity contribution in [3.8, 4) is 0 Å². The lowest BCUT2D eigenvalue weighted by molar-refractivity contribution is -0.264. The van der Waals surface area contributed by atoms with Gasteiger partial charge < -0.3 is 13.9 Å². The molecule has 0 radical (unpaired) electrons. The van der Waals surface area contributed by atoms with Crippen molar-refractivity contribution in [3.05, 3.63) is 0 Å². The van der Waals surface area contributed by atoms with Gasteiger partial charge in [0.2, 0.25) is 0 Å². The van der Waals surface area contributed by atoms with Gasteiger partial charge >= 0.3 is 0 Å². The Balaban J connectivity index is 2.23. The van der Waals surface area contributed by atoms with Gasteiger partial charge in [0.25, 0.3) is 0 Å². The zero-order valence-electron chi connectivity index (χ0n) is 9.92. The Kier molecular flexibility index (Phi) is 3.74. The standard InChI is InChI=1S/C10H22O3Si/c1-10(2)11-6-9(7-12-10)8-13-14(3,4)5/h9H,6-8H2,1-5H3. The van der Waals surface area contributed by atoms with E-state index in [2.05, 4.69) is 19.6 Å². The van der Waals surface area contributed by atoms with Gasteiger partial charge in [0.05, 0.1) is 13.2 Å². The first-order valence-corrected chi connectivity index (χ1v) is 8.61. The Morgan fingerprint density at radius 3 is 2.14 bits per heavy atom. The molecule has 0 bridgehead atoms. The van der Waals surface area contributed by atoms with Gasteiger partial charge in [-0.25, -0.2) is 0 Å². The van der Waals surface area contributed by atoms with Crippen molar-refractivity contribution in [3.63, 3.8) is 0 Å². The number of rotatable bonds is 3. The minimum atomic E-state index is -1.39. The maximum Gasteiger partial charge on any atom is 0.183 e. The van der Waals surface area contributed by atoms with Crippen molar-refractivity contribution in [2.75, 3.05) is 19.8 Å². The average Bonchev–Trinajstić information content (AvgIpc) is 2.01. The molecule has 0 aromatic carbocycles. The van der Waals surface area contributed by atoms with Crippen LogP contribution in [0.5, 0.6) is 0 Å². The molecule has 0 atom stereocenters. The van der Waals surface area contributed by atoms with Crippen LogP contribution in [0.3, 0.4) is 0 Å². The fraction of sp³-hybridized carbons (Fsp3) is 1.00. The summed E-state index contributed by atoms with van der Waals surface area (Å²) in [7, 11) is -1.39. The maximum absolute atomic E-state index is 5.82. The molecule has 0 spiro atoms. The zero-order valence-corrected chi connectivity index (χ0v) is 10.9. The van der Waals surface area contributed by atoms with E-state index in [1.807, 2.05) is 13.8 Å². The molecule has 3 nitrogen and oxygen atoms in total. The fourth-order valence-corrected chi connectivity index (χ4v) is 1.93. The molecule has 0 aromatic rings. The molecule has 1 aliphatic rings. The molecule has 1 rings (SSSR count). The molecule has 84 valence electrons. The molecule has 1 saturated heterocycles. The summed E-state index contributed by atoms with van der Waals surface area (Å²) < 4.78 is 16.9. The van der Waals surface area contributed by atoms with Crippen molar-refractivity contribution in [1.82, 2.24) is 0 Å². The second kappa shape index (κ2) is 4.31. The molecule has 0 N–H and O–H groups in total. The Labute approximate surface area is 87.9 Å². The zero-order chi connectivity index (χ0) is 10.8. The molecule has 1 heterocycles. The quantitative estimate of drug-likeness (QED) is 0.680. The monoisotopic (exact) mass is 218 g/mol. The Bertz CT molecular complexity index is 176. The van der Waals surface area contributed by atoms with Crippen molar-refractivity contribution in [2.45, 2.75) is 39.3 Å². The van der Waals surface area contributed by atoms with Crippen LogP contribution in [0.25, 0.3) is 0 Å². The predicted molar refractivity (Wildman–Crippen MR) is 58.8 cm³/mol. The van der Waals surface area contributed by atoms with Gasteiger partial charge in [-0.15, -0.1) is 0 Å². The average molecular weight is 218 g/mol. The molecule has 0 amide bonds. The molecule has 14 heavy (non-hydrogen) atoms. The number of hydrogen-bond acceptors (Lipinski definition) is 3. The van der Waals surface area contributed by atoms with Crippen molar-refractivity contribution < 1.29 is 13.9 Å². The highest BCUT2D eigenvalue weighted by molar-refractivity contribution is 6.69. The molecular weight excluding hydrogens is 196 g/mol. The highest BCUT2D eigenvalue weighted by Gasteiger charge is 2.29. The topological polar surface area (TPSA) is 27.7 Å². The third kappa shape index (κ3) is 4.55. The van der Waals surface area contributed by atoms with E-state index in [1.165, 1.54) is 0 Å². The van der Waals surface area contributed by atoms with E-state index in [-0.39, 0.29) is 0 Å². The van der Waals surface area contributed by atoms with Gasteiger partial charge in [-0.2, -0.15) is 0 Å². The molecule has 0 aromatic heterocycles. The lowest BCUT2D eigenvalue weighted by Crippen LogP contribution is -2.42. The lowest BCUT2D eigenvalue weighted by atomic mass is 10.1. The minimum Gasteiger partial charge on any atom is -0.417 e. The summed E-state index contributed by atoms with van der Waals surface area (Å²) in [5.41, 5.74) is 0. The molecular formula is C10H22O3Si. The van der Waals surface area contributed by atoms with E-state index in [0.717, 1.165) is 19.8 Å². The van der Waals surface area contributed by atoms with Crippen LogP contribution in [0.2, 0.25) is 19.6 Å². The molecule has 4 heteroatoms. The van der Waals surface area contributed by atoms with Gasteiger partial charge in [-0.1, -0.05) is 0 Å². The first-order valence-electron chi connectivity index (χ1n) is 5.20. The summed E-state index contributed by atoms with van der Waals surface area (Å²) in [5, 5.41) is 0. The van der Waals surface area contributed by atoms with E-state index < -0.39 is 14.1 Å². The minimum absolute atomic E-state index is 0.398. The van der Waals surface area contributed by atoms with E-state index >= 15 is 0 Å². The van der Waals surface area contributed by atoms with Crippen LogP contribution >= 0.6 is 0 Å². The SMILES string of the molecule is CC1(C)OCC(CO[Si](C)(C)C)CO1. The summed E-state index contributed by atoms with van der Waals surface area (Å²) in [6, 6.07) is 0. The van der Waals surface area contributed by atoms with Gasteiger partial charge in [0.15, 0.2) is 14.1 Å². The van der Waals surface area contributed by atoms with Gasteiger partial charge in [-0.05, 0) is 33.5 Å². The lowest BCUT2D eigenvalue weighted by Gasteiger charge is -2.35. The summed E-state index contributed by atoms with van der Waals surface area (Å²) >= 11 is 0. The first kappa shape index (κ1) is 12.2. The second-order valence-corrected chi connectivity index (χ2v) is 9.82. The van der Waals surface area contributed by atoms with Crippen LogP contribution in [-0.4, -0.2) is 33.9 Å². The second-order valence-electron chi connectivity index (χ2n) is 5.31. The summed E-state index contributed by atoms with van der Waals surface area (Å²) in [5.74, 6) is -0.00917. The smallest absolute Gasteiger partial charge is 0.183 e. The fourth-order valence-electron chi connectivity index (χ4n) is 1.19. The Hall–Kier alpha value is 0.0969. The van der Waals surface area contributed by atoms with Gasteiger partial charge in [0, 0.05) is 12.5 Å². The van der Waals surface area contributed by atoms with Crippen LogP contribution in [0, 0.1) is 5.92 Å². The van der Waals surface area contributed by atoms with Crippen LogP contribution in [-0.2, 0) is 13.9 Å². The summed E-state index contributed by atoms with van der Waals surface area (Å²) in [6.07, 6.45) is 0. The van der Waals surface area contributed by atoms with Gasteiger partial charge in [0.1, 0.15) is 0 Å². The van der Waals surface area contributed by atoms with Crippen molar-refractivity contribution >= 4 is 8.32 Å².